The third kappa shape index (κ3) is 3.05. The van der Waals surface area contributed by atoms with E-state index in [4.69, 9.17) is 4.42 Å². The number of rotatable bonds is 4. The summed E-state index contributed by atoms with van der Waals surface area (Å²) in [6.45, 7) is -0.186. The third-order valence-corrected chi connectivity index (χ3v) is 3.24. The van der Waals surface area contributed by atoms with E-state index < -0.39 is 29.5 Å². The monoisotopic (exact) mass is 339 g/mol. The molecule has 0 aliphatic heterocycles. The Morgan fingerprint density at radius 1 is 1.17 bits per heavy atom. The Labute approximate surface area is 132 Å². The first kappa shape index (κ1) is 15.9. The van der Waals surface area contributed by atoms with Crippen molar-refractivity contribution in [3.63, 3.8) is 0 Å². The van der Waals surface area contributed by atoms with Gasteiger partial charge in [0.05, 0.1) is 6.54 Å². The molecule has 1 aromatic carbocycles. The van der Waals surface area contributed by atoms with Crippen LogP contribution in [-0.2, 0) is 6.54 Å². The molecule has 3 rings (SSSR count). The molecule has 0 unspecified atom stereocenters. The predicted molar refractivity (Wildman–Crippen MR) is 74.4 cm³/mol. The van der Waals surface area contributed by atoms with Crippen LogP contribution >= 0.6 is 0 Å². The molecule has 9 heteroatoms. The highest BCUT2D eigenvalue weighted by atomic mass is 19.3. The van der Waals surface area contributed by atoms with Crippen LogP contribution in [0, 0.1) is 11.6 Å². The van der Waals surface area contributed by atoms with Gasteiger partial charge in [0.15, 0.2) is 11.6 Å². The average molecular weight is 339 g/mol. The lowest BCUT2D eigenvalue weighted by molar-refractivity contribution is 0.116. The largest absolute Gasteiger partial charge is 0.415 e. The van der Waals surface area contributed by atoms with Crippen molar-refractivity contribution in [1.29, 1.82) is 0 Å². The Balaban J connectivity index is 1.89. The van der Waals surface area contributed by atoms with Gasteiger partial charge >= 0.3 is 6.43 Å². The van der Waals surface area contributed by atoms with Crippen LogP contribution in [0.5, 0.6) is 0 Å². The van der Waals surface area contributed by atoms with Crippen molar-refractivity contribution < 1.29 is 22.0 Å². The molecule has 0 saturated carbocycles. The van der Waals surface area contributed by atoms with E-state index in [0.717, 1.165) is 16.7 Å². The van der Waals surface area contributed by atoms with E-state index in [1.54, 1.807) is 0 Å². The van der Waals surface area contributed by atoms with Gasteiger partial charge in [0, 0.05) is 23.4 Å². The molecular weight excluding hydrogens is 330 g/mol. The van der Waals surface area contributed by atoms with Gasteiger partial charge in [0.2, 0.25) is 5.89 Å². The number of halogens is 4. The highest BCUT2D eigenvalue weighted by Crippen LogP contribution is 2.22. The van der Waals surface area contributed by atoms with E-state index in [2.05, 4.69) is 10.2 Å². The van der Waals surface area contributed by atoms with E-state index in [1.165, 1.54) is 24.4 Å². The Kier molecular flexibility index (Phi) is 4.15. The maximum Gasteiger partial charge on any atom is 0.314 e. The lowest BCUT2D eigenvalue weighted by Gasteiger charge is -2.07. The summed E-state index contributed by atoms with van der Waals surface area (Å²) < 4.78 is 57.6. The van der Waals surface area contributed by atoms with Crippen molar-refractivity contribution in [3.05, 3.63) is 70.0 Å². The van der Waals surface area contributed by atoms with E-state index in [1.807, 2.05) is 0 Å². The van der Waals surface area contributed by atoms with Crippen LogP contribution in [0.3, 0.4) is 0 Å². The molecular formula is C15H9F4N3O2. The number of benzene rings is 1. The van der Waals surface area contributed by atoms with Gasteiger partial charge in [-0.2, -0.15) is 8.78 Å². The smallest absolute Gasteiger partial charge is 0.314 e. The maximum absolute atomic E-state index is 13.6. The minimum Gasteiger partial charge on any atom is -0.415 e. The lowest BCUT2D eigenvalue weighted by atomic mass is 10.2. The average Bonchev–Trinajstić information content (AvgIpc) is 3.04. The van der Waals surface area contributed by atoms with Crippen LogP contribution in [0.15, 0.2) is 45.7 Å². The molecule has 0 aliphatic rings. The Bertz CT molecular complexity index is 936. The number of aromatic nitrogens is 3. The molecule has 0 fully saturated rings. The van der Waals surface area contributed by atoms with E-state index >= 15 is 0 Å². The van der Waals surface area contributed by atoms with E-state index in [-0.39, 0.29) is 23.6 Å². The number of alkyl halides is 2. The van der Waals surface area contributed by atoms with Crippen molar-refractivity contribution in [1.82, 2.24) is 14.8 Å². The van der Waals surface area contributed by atoms with Crippen LogP contribution < -0.4 is 5.56 Å². The molecule has 0 spiro atoms. The highest BCUT2D eigenvalue weighted by molar-refractivity contribution is 5.51. The second-order valence-corrected chi connectivity index (χ2v) is 4.84. The van der Waals surface area contributed by atoms with Gasteiger partial charge in [-0.15, -0.1) is 10.2 Å². The summed E-state index contributed by atoms with van der Waals surface area (Å²) in [6, 6.07) is 6.12. The van der Waals surface area contributed by atoms with Crippen LogP contribution in [-0.4, -0.2) is 14.8 Å². The number of pyridine rings is 1. The lowest BCUT2D eigenvalue weighted by Crippen LogP contribution is -2.19. The minimum absolute atomic E-state index is 0.00243. The van der Waals surface area contributed by atoms with Gasteiger partial charge < -0.3 is 8.98 Å². The van der Waals surface area contributed by atoms with Crippen molar-refractivity contribution in [2.75, 3.05) is 0 Å². The number of nitrogens with zero attached hydrogens (tertiary/aromatic N) is 3. The maximum atomic E-state index is 13.6. The first-order valence-electron chi connectivity index (χ1n) is 6.71. The fraction of sp³-hybridized carbons (Fsp3) is 0.133. The zero-order chi connectivity index (χ0) is 17.3. The third-order valence-electron chi connectivity index (χ3n) is 3.24. The molecule has 0 amide bonds. The second kappa shape index (κ2) is 6.26. The molecule has 3 aromatic rings. The van der Waals surface area contributed by atoms with E-state index in [0.29, 0.717) is 0 Å². The zero-order valence-corrected chi connectivity index (χ0v) is 11.9. The van der Waals surface area contributed by atoms with Crippen molar-refractivity contribution in [2.24, 2.45) is 0 Å². The molecule has 0 radical (unpaired) electrons. The van der Waals surface area contributed by atoms with Gasteiger partial charge in [-0.25, -0.2) is 8.78 Å². The zero-order valence-electron chi connectivity index (χ0n) is 11.9. The van der Waals surface area contributed by atoms with Crippen molar-refractivity contribution in [3.8, 4) is 11.5 Å². The molecule has 2 heterocycles. The molecule has 0 N–H and O–H groups in total. The van der Waals surface area contributed by atoms with Gasteiger partial charge in [-0.3, -0.25) is 4.79 Å². The van der Waals surface area contributed by atoms with Gasteiger partial charge in [0.25, 0.3) is 11.4 Å². The topological polar surface area (TPSA) is 60.9 Å². The van der Waals surface area contributed by atoms with Gasteiger partial charge in [0.1, 0.15) is 0 Å². The molecule has 124 valence electrons. The van der Waals surface area contributed by atoms with Crippen LogP contribution in [0.2, 0.25) is 0 Å². The first-order valence-corrected chi connectivity index (χ1v) is 6.71. The van der Waals surface area contributed by atoms with E-state index in [9.17, 15) is 22.4 Å². The van der Waals surface area contributed by atoms with Crippen LogP contribution in [0.25, 0.3) is 11.5 Å². The molecule has 0 atom stereocenters. The predicted octanol–water partition coefficient (Wildman–Crippen LogP) is 3.16. The summed E-state index contributed by atoms with van der Waals surface area (Å²) in [7, 11) is 0. The summed E-state index contributed by atoms with van der Waals surface area (Å²) in [5, 5.41) is 6.60. The van der Waals surface area contributed by atoms with Crippen LogP contribution in [0.1, 0.15) is 17.9 Å². The Morgan fingerprint density at radius 2 is 1.96 bits per heavy atom. The summed E-state index contributed by atoms with van der Waals surface area (Å²) in [5.41, 5.74) is -0.411. The molecule has 5 nitrogen and oxygen atoms in total. The highest BCUT2D eigenvalue weighted by Gasteiger charge is 2.17. The summed E-state index contributed by atoms with van der Waals surface area (Å²) in [4.78, 5) is 12.1. The molecule has 0 saturated heterocycles. The van der Waals surface area contributed by atoms with Gasteiger partial charge in [-0.05, 0) is 12.1 Å². The summed E-state index contributed by atoms with van der Waals surface area (Å²) in [6.07, 6.45) is -1.61. The molecule has 0 aliphatic carbocycles. The Morgan fingerprint density at radius 3 is 2.62 bits per heavy atom. The second-order valence-electron chi connectivity index (χ2n) is 4.84. The molecule has 24 heavy (non-hydrogen) atoms. The van der Waals surface area contributed by atoms with Crippen LogP contribution in [0.4, 0.5) is 17.6 Å². The van der Waals surface area contributed by atoms with Crippen molar-refractivity contribution >= 4 is 0 Å². The summed E-state index contributed by atoms with van der Waals surface area (Å²) >= 11 is 0. The molecule has 0 bridgehead atoms. The fourth-order valence-electron chi connectivity index (χ4n) is 2.06. The minimum atomic E-state index is -2.91. The Hall–Kier alpha value is -2.97. The quantitative estimate of drug-likeness (QED) is 0.685. The summed E-state index contributed by atoms with van der Waals surface area (Å²) in [5.74, 6) is -3.13. The fourth-order valence-corrected chi connectivity index (χ4v) is 2.06. The standard InChI is InChI=1S/C15H9F4N3O2/c16-10-3-1-2-9(12(10)17)7-22-5-4-8(6-11(22)23)14-20-21-15(24-14)13(18)19/h1-6,13H,7H2. The normalized spacial score (nSPS) is 11.2. The number of hydrogen-bond donors (Lipinski definition) is 0. The number of hydrogen-bond acceptors (Lipinski definition) is 4. The van der Waals surface area contributed by atoms with Crippen molar-refractivity contribution in [2.45, 2.75) is 13.0 Å². The SMILES string of the molecule is O=c1cc(-c2nnc(C(F)F)o2)ccn1Cc1cccc(F)c1F. The van der Waals surface area contributed by atoms with Gasteiger partial charge in [-0.1, -0.05) is 12.1 Å². The first-order chi connectivity index (χ1) is 11.5. The molecule has 2 aromatic heterocycles.